The SMILES string of the molecule is CC#CN1CCN(c2ccccc2OC)CC1. The molecule has 0 atom stereocenters. The number of hydrogen-bond acceptors (Lipinski definition) is 3. The van der Waals surface area contributed by atoms with Crippen molar-refractivity contribution >= 4 is 5.69 Å². The van der Waals surface area contributed by atoms with Crippen LogP contribution >= 0.6 is 0 Å². The fraction of sp³-hybridized carbons (Fsp3) is 0.429. The summed E-state index contributed by atoms with van der Waals surface area (Å²) >= 11 is 0. The van der Waals surface area contributed by atoms with Gasteiger partial charge in [0.25, 0.3) is 0 Å². The molecule has 17 heavy (non-hydrogen) atoms. The minimum Gasteiger partial charge on any atom is -0.495 e. The maximum Gasteiger partial charge on any atom is 0.142 e. The number of ether oxygens (including phenoxy) is 1. The maximum atomic E-state index is 5.39. The largest absolute Gasteiger partial charge is 0.495 e. The molecule has 3 heteroatoms. The van der Waals surface area contributed by atoms with Gasteiger partial charge in [-0.25, -0.2) is 0 Å². The Morgan fingerprint density at radius 1 is 1.12 bits per heavy atom. The smallest absolute Gasteiger partial charge is 0.142 e. The molecule has 0 amide bonds. The molecule has 0 aliphatic carbocycles. The third-order valence-corrected chi connectivity index (χ3v) is 2.98. The van der Waals surface area contributed by atoms with Crippen LogP contribution in [0, 0.1) is 12.0 Å². The van der Waals surface area contributed by atoms with Gasteiger partial charge in [-0.05, 0) is 19.1 Å². The van der Waals surface area contributed by atoms with E-state index in [0.29, 0.717) is 0 Å². The van der Waals surface area contributed by atoms with E-state index in [-0.39, 0.29) is 0 Å². The van der Waals surface area contributed by atoms with Crippen molar-refractivity contribution in [3.63, 3.8) is 0 Å². The standard InChI is InChI=1S/C14H18N2O/c1-3-8-15-9-11-16(12-10-15)13-6-4-5-7-14(13)17-2/h4-7H,9-12H2,1-2H3. The van der Waals surface area contributed by atoms with Crippen LogP contribution in [0.3, 0.4) is 0 Å². The van der Waals surface area contributed by atoms with E-state index in [0.717, 1.165) is 31.9 Å². The Morgan fingerprint density at radius 2 is 1.82 bits per heavy atom. The monoisotopic (exact) mass is 230 g/mol. The minimum atomic E-state index is 0.947. The van der Waals surface area contributed by atoms with Gasteiger partial charge in [0.2, 0.25) is 0 Å². The molecule has 0 unspecified atom stereocenters. The Hall–Kier alpha value is -1.82. The molecule has 0 radical (unpaired) electrons. The molecule has 1 fully saturated rings. The van der Waals surface area contributed by atoms with E-state index in [1.807, 2.05) is 19.1 Å². The molecule has 1 aliphatic rings. The number of piperazine rings is 1. The van der Waals surface area contributed by atoms with E-state index in [2.05, 4.69) is 33.9 Å². The third-order valence-electron chi connectivity index (χ3n) is 2.98. The maximum absolute atomic E-state index is 5.39. The van der Waals surface area contributed by atoms with E-state index >= 15 is 0 Å². The molecule has 1 aliphatic heterocycles. The van der Waals surface area contributed by atoms with Gasteiger partial charge >= 0.3 is 0 Å². The fourth-order valence-electron chi connectivity index (χ4n) is 2.11. The van der Waals surface area contributed by atoms with Crippen LogP contribution in [0.5, 0.6) is 5.75 Å². The first-order valence-electron chi connectivity index (χ1n) is 5.90. The Labute approximate surface area is 103 Å². The Bertz CT molecular complexity index is 425. The van der Waals surface area contributed by atoms with E-state index in [1.165, 1.54) is 5.69 Å². The van der Waals surface area contributed by atoms with Crippen molar-refractivity contribution in [3.05, 3.63) is 24.3 Å². The van der Waals surface area contributed by atoms with Crippen molar-refractivity contribution in [2.24, 2.45) is 0 Å². The molecule has 1 saturated heterocycles. The lowest BCUT2D eigenvalue weighted by molar-refractivity contribution is 0.363. The lowest BCUT2D eigenvalue weighted by Crippen LogP contribution is -2.44. The van der Waals surface area contributed by atoms with E-state index in [1.54, 1.807) is 7.11 Å². The van der Waals surface area contributed by atoms with Gasteiger partial charge in [-0.15, -0.1) is 0 Å². The zero-order chi connectivity index (χ0) is 12.1. The number of nitrogens with zero attached hydrogens (tertiary/aromatic N) is 2. The highest BCUT2D eigenvalue weighted by Gasteiger charge is 2.17. The van der Waals surface area contributed by atoms with Gasteiger partial charge in [-0.1, -0.05) is 18.1 Å². The second-order valence-corrected chi connectivity index (χ2v) is 4.01. The first-order valence-corrected chi connectivity index (χ1v) is 5.90. The van der Waals surface area contributed by atoms with Gasteiger partial charge in [0.05, 0.1) is 12.8 Å². The van der Waals surface area contributed by atoms with Crippen molar-refractivity contribution in [1.29, 1.82) is 0 Å². The van der Waals surface area contributed by atoms with Crippen molar-refractivity contribution in [2.75, 3.05) is 38.2 Å². The summed E-state index contributed by atoms with van der Waals surface area (Å²) in [6.45, 7) is 5.84. The van der Waals surface area contributed by atoms with E-state index in [9.17, 15) is 0 Å². The summed E-state index contributed by atoms with van der Waals surface area (Å²) in [7, 11) is 1.72. The van der Waals surface area contributed by atoms with Crippen LogP contribution in [0.15, 0.2) is 24.3 Å². The average molecular weight is 230 g/mol. The van der Waals surface area contributed by atoms with Gasteiger partial charge in [0, 0.05) is 32.2 Å². The molecule has 0 bridgehead atoms. The summed E-state index contributed by atoms with van der Waals surface area (Å²) in [5, 5.41) is 0. The molecule has 0 saturated carbocycles. The number of hydrogen-bond donors (Lipinski definition) is 0. The van der Waals surface area contributed by atoms with Crippen LogP contribution in [-0.4, -0.2) is 38.2 Å². The predicted molar refractivity (Wildman–Crippen MR) is 70.2 cm³/mol. The topological polar surface area (TPSA) is 15.7 Å². The number of benzene rings is 1. The molecule has 1 aromatic carbocycles. The molecular weight excluding hydrogens is 212 g/mol. The number of methoxy groups -OCH3 is 1. The molecular formula is C14H18N2O. The normalized spacial score (nSPS) is 15.2. The lowest BCUT2D eigenvalue weighted by Gasteiger charge is -2.34. The molecule has 90 valence electrons. The highest BCUT2D eigenvalue weighted by molar-refractivity contribution is 5.58. The Kier molecular flexibility index (Phi) is 3.77. The second-order valence-electron chi connectivity index (χ2n) is 4.01. The zero-order valence-electron chi connectivity index (χ0n) is 10.4. The van der Waals surface area contributed by atoms with E-state index < -0.39 is 0 Å². The minimum absolute atomic E-state index is 0.947. The molecule has 2 rings (SSSR count). The molecule has 0 aromatic heterocycles. The molecule has 0 spiro atoms. The fourth-order valence-corrected chi connectivity index (χ4v) is 2.11. The van der Waals surface area contributed by atoms with Gasteiger partial charge in [-0.3, -0.25) is 0 Å². The van der Waals surface area contributed by atoms with Crippen LogP contribution in [-0.2, 0) is 0 Å². The van der Waals surface area contributed by atoms with Gasteiger partial charge in [0.1, 0.15) is 5.75 Å². The summed E-state index contributed by atoms with van der Waals surface area (Å²) in [4.78, 5) is 4.53. The Morgan fingerprint density at radius 3 is 2.47 bits per heavy atom. The van der Waals surface area contributed by atoms with Crippen LogP contribution in [0.2, 0.25) is 0 Å². The number of anilines is 1. The summed E-state index contributed by atoms with van der Waals surface area (Å²) in [6.07, 6.45) is 0. The third kappa shape index (κ3) is 2.65. The highest BCUT2D eigenvalue weighted by Crippen LogP contribution is 2.28. The van der Waals surface area contributed by atoms with Crippen molar-refractivity contribution in [1.82, 2.24) is 4.90 Å². The first kappa shape index (κ1) is 11.7. The summed E-state index contributed by atoms with van der Waals surface area (Å²) in [5.74, 6) is 3.89. The van der Waals surface area contributed by atoms with Gasteiger partial charge in [-0.2, -0.15) is 0 Å². The lowest BCUT2D eigenvalue weighted by atomic mass is 10.2. The molecule has 1 aromatic rings. The van der Waals surface area contributed by atoms with Crippen LogP contribution in [0.1, 0.15) is 6.92 Å². The van der Waals surface area contributed by atoms with Crippen LogP contribution in [0.4, 0.5) is 5.69 Å². The average Bonchev–Trinajstić information content (AvgIpc) is 2.40. The summed E-state index contributed by atoms with van der Waals surface area (Å²) in [6, 6.07) is 11.3. The number of para-hydroxylation sites is 2. The van der Waals surface area contributed by atoms with Crippen molar-refractivity contribution in [2.45, 2.75) is 6.92 Å². The summed E-state index contributed by atoms with van der Waals surface area (Å²) < 4.78 is 5.39. The summed E-state index contributed by atoms with van der Waals surface area (Å²) in [5.41, 5.74) is 1.18. The predicted octanol–water partition coefficient (Wildman–Crippen LogP) is 1.80. The van der Waals surface area contributed by atoms with Crippen LogP contribution < -0.4 is 9.64 Å². The van der Waals surface area contributed by atoms with Gasteiger partial charge < -0.3 is 14.5 Å². The van der Waals surface area contributed by atoms with E-state index in [4.69, 9.17) is 4.74 Å². The molecule has 3 nitrogen and oxygen atoms in total. The molecule has 0 N–H and O–H groups in total. The number of rotatable bonds is 2. The quantitative estimate of drug-likeness (QED) is 0.721. The van der Waals surface area contributed by atoms with Gasteiger partial charge in [0.15, 0.2) is 0 Å². The Balaban J connectivity index is 2.06. The second kappa shape index (κ2) is 5.49. The van der Waals surface area contributed by atoms with Crippen LogP contribution in [0.25, 0.3) is 0 Å². The molecule has 1 heterocycles. The van der Waals surface area contributed by atoms with Crippen molar-refractivity contribution in [3.8, 4) is 17.7 Å². The first-order chi connectivity index (χ1) is 8.35. The highest BCUT2D eigenvalue weighted by atomic mass is 16.5. The van der Waals surface area contributed by atoms with Crippen molar-refractivity contribution < 1.29 is 4.74 Å². The zero-order valence-corrected chi connectivity index (χ0v) is 10.4.